The van der Waals surface area contributed by atoms with E-state index in [1.165, 1.54) is 34.2 Å². The summed E-state index contributed by atoms with van der Waals surface area (Å²) in [5.41, 5.74) is -0.0229. The van der Waals surface area contributed by atoms with Gasteiger partial charge in [-0.25, -0.2) is 4.98 Å². The van der Waals surface area contributed by atoms with Crippen LogP contribution in [0.4, 0.5) is 11.5 Å². The molecule has 0 saturated heterocycles. The van der Waals surface area contributed by atoms with Crippen LogP contribution < -0.4 is 10.9 Å². The average Bonchev–Trinajstić information content (AvgIpc) is 3.36. The number of aryl methyl sites for hydroxylation is 1. The predicted molar refractivity (Wildman–Crippen MR) is 116 cm³/mol. The van der Waals surface area contributed by atoms with Gasteiger partial charge in [0.2, 0.25) is 5.95 Å². The Morgan fingerprint density at radius 1 is 1.29 bits per heavy atom. The van der Waals surface area contributed by atoms with Gasteiger partial charge < -0.3 is 5.32 Å². The molecule has 31 heavy (non-hydrogen) atoms. The van der Waals surface area contributed by atoms with Crippen LogP contribution in [0.25, 0.3) is 16.5 Å². The number of benzene rings is 1. The van der Waals surface area contributed by atoms with Crippen molar-refractivity contribution < 1.29 is 9.72 Å². The highest BCUT2D eigenvalue weighted by molar-refractivity contribution is 7.13. The van der Waals surface area contributed by atoms with Crippen molar-refractivity contribution in [3.8, 4) is 16.5 Å². The number of H-pyrrole nitrogens is 1. The van der Waals surface area contributed by atoms with Gasteiger partial charge in [-0.1, -0.05) is 17.7 Å². The van der Waals surface area contributed by atoms with E-state index in [4.69, 9.17) is 11.6 Å². The molecule has 4 aromatic rings. The molecule has 0 aliphatic rings. The number of nitro groups is 1. The number of hydrogen-bond acceptors (Lipinski definition) is 7. The maximum Gasteiger partial charge on any atom is 0.282 e. The third-order valence-corrected chi connectivity index (χ3v) is 5.31. The van der Waals surface area contributed by atoms with Gasteiger partial charge in [0.05, 0.1) is 9.80 Å². The molecule has 0 bridgehead atoms. The maximum atomic E-state index is 12.9. The summed E-state index contributed by atoms with van der Waals surface area (Å²) in [6.07, 6.45) is 0. The van der Waals surface area contributed by atoms with Crippen molar-refractivity contribution in [3.05, 3.63) is 84.6 Å². The molecule has 4 rings (SSSR count). The molecule has 0 atom stereocenters. The van der Waals surface area contributed by atoms with Gasteiger partial charge in [0, 0.05) is 28.9 Å². The molecule has 3 heterocycles. The van der Waals surface area contributed by atoms with Gasteiger partial charge in [0.1, 0.15) is 17.1 Å². The molecule has 0 fully saturated rings. The lowest BCUT2D eigenvalue weighted by Gasteiger charge is -2.09. The molecule has 0 radical (unpaired) electrons. The first-order valence-electron chi connectivity index (χ1n) is 8.79. The van der Waals surface area contributed by atoms with Gasteiger partial charge in [-0.2, -0.15) is 9.78 Å². The van der Waals surface area contributed by atoms with E-state index in [0.29, 0.717) is 11.4 Å². The van der Waals surface area contributed by atoms with Crippen LogP contribution in [-0.2, 0) is 0 Å². The van der Waals surface area contributed by atoms with Crippen molar-refractivity contribution in [3.63, 3.8) is 0 Å². The number of thiophene rings is 1. The number of nitro benzene ring substituents is 1. The quantitative estimate of drug-likeness (QED) is 0.346. The third kappa shape index (κ3) is 4.22. The summed E-state index contributed by atoms with van der Waals surface area (Å²) in [5.74, 6) is -0.511. The fraction of sp³-hybridized carbons (Fsp3) is 0.0526. The average molecular weight is 457 g/mol. The SMILES string of the molecule is Cc1cc(=O)[nH]c(-n2nc(-c3cccs3)cc2NC(=O)c2cc(Cl)ccc2[N+](=O)[O-])n1. The number of aromatic nitrogens is 4. The number of anilines is 1. The largest absolute Gasteiger partial charge is 0.306 e. The molecule has 2 N–H and O–H groups in total. The van der Waals surface area contributed by atoms with Crippen molar-refractivity contribution in [1.29, 1.82) is 0 Å². The molecular formula is C19H13ClN6O4S. The first kappa shape index (κ1) is 20.4. The summed E-state index contributed by atoms with van der Waals surface area (Å²) in [6, 6.07) is 10.3. The van der Waals surface area contributed by atoms with Crippen molar-refractivity contribution >= 4 is 40.4 Å². The smallest absolute Gasteiger partial charge is 0.282 e. The Morgan fingerprint density at radius 2 is 2.10 bits per heavy atom. The number of carbonyl (C=O) groups excluding carboxylic acids is 1. The molecule has 0 aliphatic heterocycles. The predicted octanol–water partition coefficient (Wildman–Crippen LogP) is 3.81. The van der Waals surface area contributed by atoms with Crippen LogP contribution in [0.15, 0.2) is 52.6 Å². The lowest BCUT2D eigenvalue weighted by molar-refractivity contribution is -0.385. The zero-order valence-corrected chi connectivity index (χ0v) is 17.4. The van der Waals surface area contributed by atoms with E-state index in [9.17, 15) is 19.7 Å². The second-order valence-corrected chi connectivity index (χ2v) is 7.77. The molecule has 0 saturated carbocycles. The highest BCUT2D eigenvalue weighted by atomic mass is 35.5. The summed E-state index contributed by atoms with van der Waals surface area (Å²) >= 11 is 7.37. The van der Waals surface area contributed by atoms with E-state index in [1.807, 2.05) is 17.5 Å². The Balaban J connectivity index is 1.81. The van der Waals surface area contributed by atoms with Crippen molar-refractivity contribution in [2.75, 3.05) is 5.32 Å². The summed E-state index contributed by atoms with van der Waals surface area (Å²) in [5, 5.41) is 20.4. The van der Waals surface area contributed by atoms with Crippen molar-refractivity contribution in [2.24, 2.45) is 0 Å². The Kier molecular flexibility index (Phi) is 5.36. The van der Waals surface area contributed by atoms with E-state index in [-0.39, 0.29) is 22.4 Å². The molecule has 10 nitrogen and oxygen atoms in total. The molecule has 1 aromatic carbocycles. The topological polar surface area (TPSA) is 136 Å². The van der Waals surface area contributed by atoms with E-state index < -0.39 is 22.1 Å². The van der Waals surface area contributed by atoms with Gasteiger partial charge in [0.25, 0.3) is 17.2 Å². The number of aromatic amines is 1. The lowest BCUT2D eigenvalue weighted by atomic mass is 10.1. The maximum absolute atomic E-state index is 12.9. The van der Waals surface area contributed by atoms with Crippen molar-refractivity contribution in [1.82, 2.24) is 19.7 Å². The minimum atomic E-state index is -0.761. The van der Waals surface area contributed by atoms with Crippen LogP contribution in [-0.4, -0.2) is 30.6 Å². The van der Waals surface area contributed by atoms with Crippen LogP contribution in [0.2, 0.25) is 5.02 Å². The monoisotopic (exact) mass is 456 g/mol. The van der Waals surface area contributed by atoms with E-state index in [1.54, 1.807) is 13.0 Å². The molecule has 3 aromatic heterocycles. The second-order valence-electron chi connectivity index (χ2n) is 6.39. The Morgan fingerprint density at radius 3 is 2.77 bits per heavy atom. The minimum Gasteiger partial charge on any atom is -0.306 e. The normalized spacial score (nSPS) is 10.8. The highest BCUT2D eigenvalue weighted by Crippen LogP contribution is 2.29. The minimum absolute atomic E-state index is 0.0868. The van der Waals surface area contributed by atoms with Gasteiger partial charge in [0.15, 0.2) is 0 Å². The van der Waals surface area contributed by atoms with E-state index in [2.05, 4.69) is 20.4 Å². The van der Waals surface area contributed by atoms with E-state index in [0.717, 1.165) is 10.9 Å². The number of carbonyl (C=O) groups is 1. The second kappa shape index (κ2) is 8.13. The van der Waals surface area contributed by atoms with Crippen LogP contribution in [0, 0.1) is 17.0 Å². The molecule has 1 amide bonds. The number of amides is 1. The molecular weight excluding hydrogens is 444 g/mol. The van der Waals surface area contributed by atoms with E-state index >= 15 is 0 Å². The molecule has 0 aliphatic carbocycles. The number of halogens is 1. The molecule has 156 valence electrons. The number of rotatable bonds is 5. The Labute approximate surface area is 183 Å². The Hall–Kier alpha value is -3.83. The lowest BCUT2D eigenvalue weighted by Crippen LogP contribution is -2.19. The standard InChI is InChI=1S/C19H13ClN6O4S/c1-10-7-17(27)23-19(21-10)25-16(9-13(24-25)15-3-2-6-31-15)22-18(28)12-8-11(20)4-5-14(12)26(29)30/h2-9H,1H3,(H,22,28)(H,21,23,27). The summed E-state index contributed by atoms with van der Waals surface area (Å²) in [6.45, 7) is 1.65. The van der Waals surface area contributed by atoms with Crippen LogP contribution in [0.5, 0.6) is 0 Å². The molecule has 0 unspecified atom stereocenters. The number of nitrogens with zero attached hydrogens (tertiary/aromatic N) is 4. The third-order valence-electron chi connectivity index (χ3n) is 4.18. The summed E-state index contributed by atoms with van der Waals surface area (Å²) in [4.78, 5) is 43.1. The molecule has 0 spiro atoms. The fourth-order valence-electron chi connectivity index (χ4n) is 2.87. The summed E-state index contributed by atoms with van der Waals surface area (Å²) in [7, 11) is 0. The van der Waals surface area contributed by atoms with Gasteiger partial charge in [-0.15, -0.1) is 11.3 Å². The first-order valence-corrected chi connectivity index (χ1v) is 10.0. The highest BCUT2D eigenvalue weighted by Gasteiger charge is 2.23. The Bertz CT molecular complexity index is 1360. The van der Waals surface area contributed by atoms with Crippen molar-refractivity contribution in [2.45, 2.75) is 6.92 Å². The number of nitrogens with one attached hydrogen (secondary N) is 2. The first-order chi connectivity index (χ1) is 14.8. The van der Waals surface area contributed by atoms with Crippen LogP contribution in [0.3, 0.4) is 0 Å². The van der Waals surface area contributed by atoms with Gasteiger partial charge in [-0.05, 0) is 30.5 Å². The zero-order chi connectivity index (χ0) is 22.1. The zero-order valence-electron chi connectivity index (χ0n) is 15.8. The fourth-order valence-corrected chi connectivity index (χ4v) is 3.73. The van der Waals surface area contributed by atoms with Gasteiger partial charge in [-0.3, -0.25) is 24.7 Å². The van der Waals surface area contributed by atoms with Crippen LogP contribution in [0.1, 0.15) is 16.1 Å². The van der Waals surface area contributed by atoms with Crippen LogP contribution >= 0.6 is 22.9 Å². The van der Waals surface area contributed by atoms with Gasteiger partial charge >= 0.3 is 0 Å². The summed E-state index contributed by atoms with van der Waals surface area (Å²) < 4.78 is 1.26. The number of hydrogen-bond donors (Lipinski definition) is 2. The molecule has 12 heteroatoms.